The number of ether oxygens (including phenoxy) is 1. The molecule has 0 fully saturated rings. The molecule has 0 aromatic carbocycles. The molecule has 10 heavy (non-hydrogen) atoms. The summed E-state index contributed by atoms with van der Waals surface area (Å²) in [5, 5.41) is 0. The van der Waals surface area contributed by atoms with E-state index >= 15 is 0 Å². The van der Waals surface area contributed by atoms with Crippen molar-refractivity contribution in [3.63, 3.8) is 0 Å². The zero-order chi connectivity index (χ0) is 8.15. The summed E-state index contributed by atoms with van der Waals surface area (Å²) in [6.07, 6.45) is 2.26. The highest BCUT2D eigenvalue weighted by molar-refractivity contribution is 4.83. The number of methoxy groups -OCH3 is 1. The third-order valence-corrected chi connectivity index (χ3v) is 1.82. The van der Waals surface area contributed by atoms with Gasteiger partial charge >= 0.3 is 0 Å². The van der Waals surface area contributed by atoms with E-state index in [4.69, 9.17) is 4.74 Å². The third kappa shape index (κ3) is 2.53. The van der Waals surface area contributed by atoms with E-state index in [0.29, 0.717) is 17.9 Å². The van der Waals surface area contributed by atoms with E-state index in [1.165, 1.54) is 0 Å². The third-order valence-electron chi connectivity index (χ3n) is 1.82. The summed E-state index contributed by atoms with van der Waals surface area (Å²) >= 11 is 0. The van der Waals surface area contributed by atoms with Crippen LogP contribution in [0.15, 0.2) is 12.7 Å². The minimum Gasteiger partial charge on any atom is -0.381 e. The van der Waals surface area contributed by atoms with E-state index in [-0.39, 0.29) is 0 Å². The van der Waals surface area contributed by atoms with Gasteiger partial charge in [0.25, 0.3) is 0 Å². The quantitative estimate of drug-likeness (QED) is 0.548. The van der Waals surface area contributed by atoms with Gasteiger partial charge in [-0.3, -0.25) is 0 Å². The van der Waals surface area contributed by atoms with Gasteiger partial charge in [0.05, 0.1) is 6.10 Å². The molecule has 0 aromatic rings. The van der Waals surface area contributed by atoms with Crippen molar-refractivity contribution in [2.24, 2.45) is 11.8 Å². The zero-order valence-electron chi connectivity index (χ0n) is 7.42. The van der Waals surface area contributed by atoms with Crippen molar-refractivity contribution in [3.8, 4) is 0 Å². The van der Waals surface area contributed by atoms with Gasteiger partial charge in [0, 0.05) is 13.0 Å². The lowest BCUT2D eigenvalue weighted by molar-refractivity contribution is 0.0380. The Morgan fingerprint density at radius 2 is 1.80 bits per heavy atom. The van der Waals surface area contributed by atoms with Gasteiger partial charge in [-0.05, 0) is 5.92 Å². The maximum absolute atomic E-state index is 5.29. The average Bonchev–Trinajstić information content (AvgIpc) is 1.88. The van der Waals surface area contributed by atoms with Gasteiger partial charge < -0.3 is 4.74 Å². The van der Waals surface area contributed by atoms with Crippen LogP contribution in [0.2, 0.25) is 0 Å². The first kappa shape index (κ1) is 9.70. The Balaban J connectivity index is 3.92. The van der Waals surface area contributed by atoms with Crippen LogP contribution in [-0.2, 0) is 4.74 Å². The summed E-state index contributed by atoms with van der Waals surface area (Å²) < 4.78 is 5.29. The smallest absolute Gasteiger partial charge is 0.0653 e. The van der Waals surface area contributed by atoms with E-state index in [9.17, 15) is 0 Å². The Morgan fingerprint density at radius 3 is 1.90 bits per heavy atom. The summed E-state index contributed by atoms with van der Waals surface area (Å²) in [5.41, 5.74) is 0. The molecule has 60 valence electrons. The summed E-state index contributed by atoms with van der Waals surface area (Å²) in [5.74, 6) is 1.02. The van der Waals surface area contributed by atoms with Crippen LogP contribution in [0.1, 0.15) is 20.8 Å². The highest BCUT2D eigenvalue weighted by atomic mass is 16.5. The molecule has 0 spiro atoms. The summed E-state index contributed by atoms with van der Waals surface area (Å²) in [6.45, 7) is 10.2. The van der Waals surface area contributed by atoms with Crippen LogP contribution in [0.3, 0.4) is 0 Å². The number of rotatable bonds is 4. The predicted octanol–water partition coefficient (Wildman–Crippen LogP) is 2.48. The molecule has 1 nitrogen and oxygen atoms in total. The first-order valence-corrected chi connectivity index (χ1v) is 3.78. The van der Waals surface area contributed by atoms with Crippen molar-refractivity contribution in [2.45, 2.75) is 26.9 Å². The van der Waals surface area contributed by atoms with Gasteiger partial charge in [0.15, 0.2) is 0 Å². The molecule has 0 N–H and O–H groups in total. The Morgan fingerprint density at radius 1 is 1.30 bits per heavy atom. The topological polar surface area (TPSA) is 9.23 Å². The molecule has 0 radical (unpaired) electrons. The van der Waals surface area contributed by atoms with Crippen LogP contribution in [0.4, 0.5) is 0 Å². The summed E-state index contributed by atoms with van der Waals surface area (Å²) in [4.78, 5) is 0. The number of hydrogen-bond donors (Lipinski definition) is 0. The molecular formula is C9H18O. The fraction of sp³-hybridized carbons (Fsp3) is 0.778. The van der Waals surface area contributed by atoms with Crippen molar-refractivity contribution >= 4 is 0 Å². The molecule has 0 bridgehead atoms. The lowest BCUT2D eigenvalue weighted by Crippen LogP contribution is -2.24. The average molecular weight is 142 g/mol. The molecule has 0 aromatic heterocycles. The Hall–Kier alpha value is -0.300. The highest BCUT2D eigenvalue weighted by Gasteiger charge is 2.16. The van der Waals surface area contributed by atoms with Crippen LogP contribution < -0.4 is 0 Å². The second-order valence-corrected chi connectivity index (χ2v) is 3.04. The summed E-state index contributed by atoms with van der Waals surface area (Å²) in [6, 6.07) is 0. The monoisotopic (exact) mass is 142 g/mol. The van der Waals surface area contributed by atoms with Crippen molar-refractivity contribution in [2.75, 3.05) is 7.11 Å². The minimum absolute atomic E-state index is 0.317. The zero-order valence-corrected chi connectivity index (χ0v) is 7.42. The standard InChI is InChI=1S/C9H18O/c1-6-8(4)9(10-5)7(2)3/h6-9H,1H2,2-5H3/t8-,9+/m1/s1. The van der Waals surface area contributed by atoms with Gasteiger partial charge in [-0.25, -0.2) is 0 Å². The molecular weight excluding hydrogens is 124 g/mol. The molecule has 0 saturated carbocycles. The van der Waals surface area contributed by atoms with E-state index in [0.717, 1.165) is 0 Å². The molecule has 0 aliphatic rings. The van der Waals surface area contributed by atoms with Gasteiger partial charge in [-0.2, -0.15) is 0 Å². The normalized spacial score (nSPS) is 16.9. The first-order valence-electron chi connectivity index (χ1n) is 3.78. The van der Waals surface area contributed by atoms with E-state index in [1.807, 2.05) is 6.08 Å². The fourth-order valence-corrected chi connectivity index (χ4v) is 1.23. The molecule has 0 saturated heterocycles. The van der Waals surface area contributed by atoms with E-state index < -0.39 is 0 Å². The Labute approximate surface area is 64.1 Å². The van der Waals surface area contributed by atoms with Crippen LogP contribution in [0.5, 0.6) is 0 Å². The molecule has 0 rings (SSSR count). The minimum atomic E-state index is 0.317. The first-order chi connectivity index (χ1) is 4.63. The van der Waals surface area contributed by atoms with Crippen LogP contribution in [0.25, 0.3) is 0 Å². The van der Waals surface area contributed by atoms with Crippen LogP contribution in [0, 0.1) is 11.8 Å². The molecule has 2 atom stereocenters. The largest absolute Gasteiger partial charge is 0.381 e. The molecule has 0 aliphatic carbocycles. The second kappa shape index (κ2) is 4.51. The van der Waals surface area contributed by atoms with E-state index in [2.05, 4.69) is 27.4 Å². The molecule has 0 amide bonds. The van der Waals surface area contributed by atoms with Crippen LogP contribution >= 0.6 is 0 Å². The highest BCUT2D eigenvalue weighted by Crippen LogP contribution is 2.15. The van der Waals surface area contributed by atoms with Crippen LogP contribution in [-0.4, -0.2) is 13.2 Å². The van der Waals surface area contributed by atoms with Gasteiger partial charge in [-0.15, -0.1) is 6.58 Å². The fourth-order valence-electron chi connectivity index (χ4n) is 1.23. The van der Waals surface area contributed by atoms with Crippen molar-refractivity contribution < 1.29 is 4.74 Å². The predicted molar refractivity (Wildman–Crippen MR) is 45.0 cm³/mol. The second-order valence-electron chi connectivity index (χ2n) is 3.04. The van der Waals surface area contributed by atoms with Crippen molar-refractivity contribution in [1.82, 2.24) is 0 Å². The molecule has 1 heteroatoms. The Bertz CT molecular complexity index is 96.9. The van der Waals surface area contributed by atoms with E-state index in [1.54, 1.807) is 7.11 Å². The van der Waals surface area contributed by atoms with Gasteiger partial charge in [0.1, 0.15) is 0 Å². The maximum Gasteiger partial charge on any atom is 0.0653 e. The molecule has 0 unspecified atom stereocenters. The Kier molecular flexibility index (Phi) is 4.37. The van der Waals surface area contributed by atoms with Crippen molar-refractivity contribution in [3.05, 3.63) is 12.7 Å². The SMILES string of the molecule is C=C[C@@H](C)[C@@H](OC)C(C)C. The summed E-state index contributed by atoms with van der Waals surface area (Å²) in [7, 11) is 1.75. The number of hydrogen-bond acceptors (Lipinski definition) is 1. The lowest BCUT2D eigenvalue weighted by atomic mass is 9.95. The van der Waals surface area contributed by atoms with Crippen molar-refractivity contribution in [1.29, 1.82) is 0 Å². The molecule has 0 heterocycles. The van der Waals surface area contributed by atoms with Gasteiger partial charge in [-0.1, -0.05) is 26.8 Å². The van der Waals surface area contributed by atoms with Gasteiger partial charge in [0.2, 0.25) is 0 Å². The lowest BCUT2D eigenvalue weighted by Gasteiger charge is -2.23. The maximum atomic E-state index is 5.29. The molecule has 0 aliphatic heterocycles.